The van der Waals surface area contributed by atoms with Crippen LogP contribution in [0.1, 0.15) is 29.2 Å². The minimum Gasteiger partial charge on any atom is -0.484 e. The topological polar surface area (TPSA) is 64.8 Å². The Morgan fingerprint density at radius 3 is 3.00 bits per heavy atom. The molecule has 128 valence electrons. The number of likely N-dealkylation sites (tertiary alicyclic amines) is 1. The number of amides is 1. The Morgan fingerprint density at radius 1 is 1.38 bits per heavy atom. The van der Waals surface area contributed by atoms with Crippen LogP contribution < -0.4 is 4.74 Å². The Balaban J connectivity index is 1.57. The van der Waals surface area contributed by atoms with Gasteiger partial charge in [0.2, 0.25) is 5.89 Å². The lowest BCUT2D eigenvalue weighted by atomic mass is 9.99. The van der Waals surface area contributed by atoms with Gasteiger partial charge in [0.1, 0.15) is 12.0 Å². The van der Waals surface area contributed by atoms with E-state index in [9.17, 15) is 4.79 Å². The zero-order valence-corrected chi connectivity index (χ0v) is 13.8. The van der Waals surface area contributed by atoms with Crippen LogP contribution in [0.4, 0.5) is 0 Å². The first-order valence-electron chi connectivity index (χ1n) is 8.16. The van der Waals surface area contributed by atoms with Crippen molar-refractivity contribution in [2.75, 3.05) is 26.8 Å². The van der Waals surface area contributed by atoms with Gasteiger partial charge in [-0.3, -0.25) is 4.79 Å². The average Bonchev–Trinajstić information content (AvgIpc) is 3.10. The molecule has 6 nitrogen and oxygen atoms in total. The van der Waals surface area contributed by atoms with E-state index in [1.807, 2.05) is 35.2 Å². The van der Waals surface area contributed by atoms with Gasteiger partial charge in [-0.1, -0.05) is 18.2 Å². The summed E-state index contributed by atoms with van der Waals surface area (Å²) in [5.41, 5.74) is 0.333. The van der Waals surface area contributed by atoms with E-state index in [0.717, 1.165) is 25.1 Å². The summed E-state index contributed by atoms with van der Waals surface area (Å²) in [4.78, 5) is 18.6. The molecule has 0 radical (unpaired) electrons. The molecule has 1 aliphatic rings. The van der Waals surface area contributed by atoms with Crippen molar-refractivity contribution in [2.24, 2.45) is 5.92 Å². The number of piperidine rings is 1. The molecule has 1 aromatic carbocycles. The van der Waals surface area contributed by atoms with Crippen LogP contribution in [0.25, 0.3) is 0 Å². The van der Waals surface area contributed by atoms with Crippen LogP contribution in [0, 0.1) is 5.92 Å². The summed E-state index contributed by atoms with van der Waals surface area (Å²) < 4.78 is 16.2. The van der Waals surface area contributed by atoms with Crippen molar-refractivity contribution in [3.05, 3.63) is 48.2 Å². The van der Waals surface area contributed by atoms with Crippen LogP contribution in [0.5, 0.6) is 5.75 Å². The first-order valence-corrected chi connectivity index (χ1v) is 8.16. The van der Waals surface area contributed by atoms with Crippen molar-refractivity contribution in [1.82, 2.24) is 9.88 Å². The molecule has 1 amide bonds. The standard InChI is InChI=1S/C18H22N2O4/c1-22-11-14-6-5-9-20(10-14)18(21)16-12-24-17(19-16)13-23-15-7-3-2-4-8-15/h2-4,7-8,12,14H,5-6,9-11,13H2,1H3/t14-/m1/s1. The second-order valence-electron chi connectivity index (χ2n) is 5.94. The highest BCUT2D eigenvalue weighted by Crippen LogP contribution is 2.19. The van der Waals surface area contributed by atoms with Crippen molar-refractivity contribution >= 4 is 5.91 Å². The molecular weight excluding hydrogens is 308 g/mol. The number of hydrogen-bond donors (Lipinski definition) is 0. The largest absolute Gasteiger partial charge is 0.484 e. The molecule has 0 bridgehead atoms. The normalized spacial score (nSPS) is 17.7. The molecule has 0 N–H and O–H groups in total. The highest BCUT2D eigenvalue weighted by molar-refractivity contribution is 5.92. The number of benzene rings is 1. The Labute approximate surface area is 141 Å². The fourth-order valence-electron chi connectivity index (χ4n) is 2.92. The third-order valence-corrected chi connectivity index (χ3v) is 4.08. The van der Waals surface area contributed by atoms with E-state index in [1.54, 1.807) is 7.11 Å². The number of rotatable bonds is 6. The first kappa shape index (κ1) is 16.5. The molecule has 1 aromatic heterocycles. The van der Waals surface area contributed by atoms with Gasteiger partial charge in [0.05, 0.1) is 6.61 Å². The Morgan fingerprint density at radius 2 is 2.21 bits per heavy atom. The molecule has 0 saturated carbocycles. The number of hydrogen-bond acceptors (Lipinski definition) is 5. The van der Waals surface area contributed by atoms with Crippen molar-refractivity contribution < 1.29 is 18.7 Å². The van der Waals surface area contributed by atoms with Crippen molar-refractivity contribution in [2.45, 2.75) is 19.4 Å². The Kier molecular flexibility index (Phi) is 5.48. The second-order valence-corrected chi connectivity index (χ2v) is 5.94. The summed E-state index contributed by atoms with van der Waals surface area (Å²) in [5, 5.41) is 0. The summed E-state index contributed by atoms with van der Waals surface area (Å²) in [6, 6.07) is 9.43. The Bertz CT molecular complexity index is 654. The molecule has 0 aliphatic carbocycles. The molecule has 1 saturated heterocycles. The molecular formula is C18H22N2O4. The number of nitrogens with zero attached hydrogens (tertiary/aromatic N) is 2. The minimum absolute atomic E-state index is 0.0921. The summed E-state index contributed by atoms with van der Waals surface area (Å²) in [6.45, 7) is 2.33. The molecule has 0 spiro atoms. The second kappa shape index (κ2) is 7.97. The van der Waals surface area contributed by atoms with E-state index in [-0.39, 0.29) is 12.5 Å². The zero-order valence-electron chi connectivity index (χ0n) is 13.8. The SMILES string of the molecule is COC[C@@H]1CCCN(C(=O)c2coc(COc3ccccc3)n2)C1. The minimum atomic E-state index is -0.0921. The van der Waals surface area contributed by atoms with Gasteiger partial charge in [0.25, 0.3) is 5.91 Å². The van der Waals surface area contributed by atoms with Crippen LogP contribution >= 0.6 is 0 Å². The predicted molar refractivity (Wildman–Crippen MR) is 87.8 cm³/mol. The van der Waals surface area contributed by atoms with Crippen LogP contribution in [0.3, 0.4) is 0 Å². The molecule has 1 aliphatic heterocycles. The van der Waals surface area contributed by atoms with Gasteiger partial charge in [-0.05, 0) is 30.9 Å². The number of carbonyl (C=O) groups is 1. The van der Waals surface area contributed by atoms with Gasteiger partial charge in [-0.2, -0.15) is 0 Å². The molecule has 6 heteroatoms. The molecule has 2 heterocycles. The van der Waals surface area contributed by atoms with Gasteiger partial charge in [-0.15, -0.1) is 0 Å². The van der Waals surface area contributed by atoms with Gasteiger partial charge >= 0.3 is 0 Å². The van der Waals surface area contributed by atoms with E-state index < -0.39 is 0 Å². The summed E-state index contributed by atoms with van der Waals surface area (Å²) in [7, 11) is 1.69. The fourth-order valence-corrected chi connectivity index (χ4v) is 2.92. The van der Waals surface area contributed by atoms with Crippen LogP contribution in [-0.2, 0) is 11.3 Å². The van der Waals surface area contributed by atoms with E-state index >= 15 is 0 Å². The highest BCUT2D eigenvalue weighted by Gasteiger charge is 2.26. The highest BCUT2D eigenvalue weighted by atomic mass is 16.5. The van der Waals surface area contributed by atoms with Crippen molar-refractivity contribution in [3.8, 4) is 5.75 Å². The summed E-state index contributed by atoms with van der Waals surface area (Å²) in [5.74, 6) is 1.43. The fraction of sp³-hybridized carbons (Fsp3) is 0.444. The lowest BCUT2D eigenvalue weighted by Crippen LogP contribution is -2.41. The van der Waals surface area contributed by atoms with Gasteiger partial charge in [0.15, 0.2) is 12.3 Å². The number of oxazole rings is 1. The summed E-state index contributed by atoms with van der Waals surface area (Å²) >= 11 is 0. The van der Waals surface area contributed by atoms with E-state index in [1.165, 1.54) is 6.26 Å². The zero-order chi connectivity index (χ0) is 16.8. The van der Waals surface area contributed by atoms with E-state index in [4.69, 9.17) is 13.9 Å². The van der Waals surface area contributed by atoms with Crippen molar-refractivity contribution in [3.63, 3.8) is 0 Å². The number of para-hydroxylation sites is 1. The molecule has 1 fully saturated rings. The quantitative estimate of drug-likeness (QED) is 0.815. The van der Waals surface area contributed by atoms with Crippen LogP contribution in [0.15, 0.2) is 41.0 Å². The van der Waals surface area contributed by atoms with E-state index in [2.05, 4.69) is 4.98 Å². The maximum absolute atomic E-state index is 12.6. The number of carbonyl (C=O) groups excluding carboxylic acids is 1. The number of aromatic nitrogens is 1. The molecule has 24 heavy (non-hydrogen) atoms. The van der Waals surface area contributed by atoms with Crippen LogP contribution in [0.2, 0.25) is 0 Å². The average molecular weight is 330 g/mol. The molecule has 2 aromatic rings. The van der Waals surface area contributed by atoms with Gasteiger partial charge in [0, 0.05) is 20.2 Å². The molecule has 0 unspecified atom stereocenters. The first-order chi connectivity index (χ1) is 11.8. The van der Waals surface area contributed by atoms with Crippen molar-refractivity contribution in [1.29, 1.82) is 0 Å². The van der Waals surface area contributed by atoms with Gasteiger partial charge < -0.3 is 18.8 Å². The van der Waals surface area contributed by atoms with E-state index in [0.29, 0.717) is 30.7 Å². The Hall–Kier alpha value is -2.34. The molecule has 1 atom stereocenters. The number of methoxy groups -OCH3 is 1. The monoisotopic (exact) mass is 330 g/mol. The third-order valence-electron chi connectivity index (χ3n) is 4.08. The third kappa shape index (κ3) is 4.14. The lowest BCUT2D eigenvalue weighted by molar-refractivity contribution is 0.0565. The smallest absolute Gasteiger partial charge is 0.275 e. The lowest BCUT2D eigenvalue weighted by Gasteiger charge is -2.31. The summed E-state index contributed by atoms with van der Waals surface area (Å²) in [6.07, 6.45) is 3.49. The maximum Gasteiger partial charge on any atom is 0.275 e. The molecule has 3 rings (SSSR count). The predicted octanol–water partition coefficient (Wildman–Crippen LogP) is 2.75. The number of ether oxygens (including phenoxy) is 2. The maximum atomic E-state index is 12.6. The van der Waals surface area contributed by atoms with Crippen LogP contribution in [-0.4, -0.2) is 42.6 Å². The van der Waals surface area contributed by atoms with Gasteiger partial charge in [-0.25, -0.2) is 4.98 Å².